The number of sulfone groups is 1. The fraction of sp³-hybridized carbons (Fsp3) is 0.286. The van der Waals surface area contributed by atoms with Gasteiger partial charge in [0.25, 0.3) is 5.56 Å². The van der Waals surface area contributed by atoms with E-state index in [-0.39, 0.29) is 5.16 Å². The number of aromatic nitrogens is 3. The molecular weight excluding hydrogens is 404 g/mol. The minimum absolute atomic E-state index is 0.267. The van der Waals surface area contributed by atoms with Crippen LogP contribution < -0.4 is 10.3 Å². The van der Waals surface area contributed by atoms with Crippen LogP contribution in [0.2, 0.25) is 0 Å². The Balaban J connectivity index is 1.49. The summed E-state index contributed by atoms with van der Waals surface area (Å²) in [4.78, 5) is 25.6. The molecule has 8 nitrogen and oxygen atoms in total. The molecule has 0 saturated heterocycles. The number of benzene rings is 1. The van der Waals surface area contributed by atoms with Crippen LogP contribution in [0.5, 0.6) is 5.75 Å². The first kappa shape index (κ1) is 20.2. The maximum absolute atomic E-state index is 12.4. The maximum atomic E-state index is 12.4. The molecule has 0 radical (unpaired) electrons. The van der Waals surface area contributed by atoms with Crippen molar-refractivity contribution >= 4 is 9.84 Å². The zero-order valence-corrected chi connectivity index (χ0v) is 17.6. The van der Waals surface area contributed by atoms with E-state index in [1.54, 1.807) is 7.11 Å². The molecule has 1 aromatic carbocycles. The van der Waals surface area contributed by atoms with Gasteiger partial charge in [-0.25, -0.2) is 13.4 Å². The molecule has 3 heterocycles. The van der Waals surface area contributed by atoms with Crippen molar-refractivity contribution in [3.05, 3.63) is 69.8 Å². The quantitative estimate of drug-likeness (QED) is 0.620. The average Bonchev–Trinajstić information content (AvgIpc) is 2.74. The van der Waals surface area contributed by atoms with Crippen LogP contribution in [-0.2, 0) is 29.3 Å². The topological polar surface area (TPSA) is 105 Å². The Morgan fingerprint density at radius 1 is 1.23 bits per heavy atom. The number of nitrogens with one attached hydrogen (secondary N) is 1. The molecule has 0 saturated carbocycles. The van der Waals surface area contributed by atoms with Crippen molar-refractivity contribution < 1.29 is 13.2 Å². The van der Waals surface area contributed by atoms with Crippen LogP contribution in [0.3, 0.4) is 0 Å². The molecule has 1 aliphatic heterocycles. The van der Waals surface area contributed by atoms with Crippen LogP contribution >= 0.6 is 0 Å². The van der Waals surface area contributed by atoms with Crippen molar-refractivity contribution in [3.63, 3.8) is 0 Å². The lowest BCUT2D eigenvalue weighted by Crippen LogP contribution is -2.36. The molecule has 1 N–H and O–H groups in total. The monoisotopic (exact) mass is 426 g/mol. The summed E-state index contributed by atoms with van der Waals surface area (Å²) >= 11 is 0. The standard InChI is InChI=1S/C21H22N4O4S/c1-29-16-5-3-4-15(10-16)18-7-6-14(11-22-18)12-25-9-8-19-17(13-25)20(26)24-21(23-19)30(2,27)28/h3-7,10-11H,8-9,12-13H2,1-2H3,(H,23,24,26). The number of rotatable bonds is 5. The second-order valence-corrected chi connectivity index (χ2v) is 9.24. The molecule has 3 aromatic rings. The summed E-state index contributed by atoms with van der Waals surface area (Å²) in [6.45, 7) is 1.74. The third-order valence-corrected chi connectivity index (χ3v) is 5.97. The highest BCUT2D eigenvalue weighted by Crippen LogP contribution is 2.23. The summed E-state index contributed by atoms with van der Waals surface area (Å²) in [6, 6.07) is 11.7. The molecular formula is C21H22N4O4S. The van der Waals surface area contributed by atoms with Gasteiger partial charge in [0.15, 0.2) is 0 Å². The molecule has 0 amide bonds. The lowest BCUT2D eigenvalue weighted by molar-refractivity contribution is 0.240. The molecule has 4 rings (SSSR count). The third-order valence-electron chi connectivity index (χ3n) is 5.07. The van der Waals surface area contributed by atoms with Crippen LogP contribution in [-0.4, -0.2) is 48.2 Å². The first-order valence-electron chi connectivity index (χ1n) is 9.47. The minimum Gasteiger partial charge on any atom is -0.497 e. The predicted molar refractivity (Wildman–Crippen MR) is 112 cm³/mol. The van der Waals surface area contributed by atoms with Gasteiger partial charge in [-0.05, 0) is 23.8 Å². The van der Waals surface area contributed by atoms with E-state index in [0.717, 1.165) is 28.8 Å². The number of H-pyrrole nitrogens is 1. The molecule has 0 aliphatic carbocycles. The number of hydrogen-bond donors (Lipinski definition) is 1. The summed E-state index contributed by atoms with van der Waals surface area (Å²) in [5.74, 6) is 0.781. The second-order valence-electron chi connectivity index (χ2n) is 7.31. The summed E-state index contributed by atoms with van der Waals surface area (Å²) in [5, 5.41) is -0.267. The van der Waals surface area contributed by atoms with Crippen molar-refractivity contribution in [1.82, 2.24) is 19.9 Å². The van der Waals surface area contributed by atoms with Crippen molar-refractivity contribution in [2.75, 3.05) is 19.9 Å². The highest BCUT2D eigenvalue weighted by Gasteiger charge is 2.23. The Hall–Kier alpha value is -3.04. The summed E-state index contributed by atoms with van der Waals surface area (Å²) in [5.41, 5.74) is 3.55. The van der Waals surface area contributed by atoms with Gasteiger partial charge < -0.3 is 4.74 Å². The van der Waals surface area contributed by atoms with Gasteiger partial charge in [-0.15, -0.1) is 0 Å². The Morgan fingerprint density at radius 3 is 2.77 bits per heavy atom. The van der Waals surface area contributed by atoms with Crippen molar-refractivity contribution in [3.8, 4) is 17.0 Å². The van der Waals surface area contributed by atoms with E-state index in [4.69, 9.17) is 4.74 Å². The molecule has 0 unspecified atom stereocenters. The van der Waals surface area contributed by atoms with E-state index in [1.165, 1.54) is 0 Å². The van der Waals surface area contributed by atoms with Gasteiger partial charge in [0, 0.05) is 44.1 Å². The fourth-order valence-electron chi connectivity index (χ4n) is 3.50. The van der Waals surface area contributed by atoms with E-state index in [1.807, 2.05) is 42.6 Å². The van der Waals surface area contributed by atoms with Crippen LogP contribution in [0.15, 0.2) is 52.5 Å². The molecule has 9 heteroatoms. The lowest BCUT2D eigenvalue weighted by atomic mass is 10.1. The van der Waals surface area contributed by atoms with E-state index in [2.05, 4.69) is 19.9 Å². The molecule has 156 valence electrons. The van der Waals surface area contributed by atoms with Gasteiger partial charge in [0.1, 0.15) is 5.75 Å². The average molecular weight is 426 g/mol. The molecule has 1 aliphatic rings. The van der Waals surface area contributed by atoms with E-state index in [0.29, 0.717) is 37.3 Å². The van der Waals surface area contributed by atoms with Gasteiger partial charge >= 0.3 is 0 Å². The normalized spacial score (nSPS) is 14.3. The first-order chi connectivity index (χ1) is 14.3. The summed E-state index contributed by atoms with van der Waals surface area (Å²) in [7, 11) is -1.91. The zero-order valence-electron chi connectivity index (χ0n) is 16.8. The Bertz CT molecular complexity index is 1240. The predicted octanol–water partition coefficient (Wildman–Crippen LogP) is 1.80. The highest BCUT2D eigenvalue weighted by molar-refractivity contribution is 7.90. The molecule has 2 aromatic heterocycles. The minimum atomic E-state index is -3.55. The molecule has 30 heavy (non-hydrogen) atoms. The van der Waals surface area contributed by atoms with Crippen LogP contribution in [0.1, 0.15) is 16.8 Å². The van der Waals surface area contributed by atoms with E-state index in [9.17, 15) is 13.2 Å². The summed E-state index contributed by atoms with van der Waals surface area (Å²) in [6.07, 6.45) is 3.39. The molecule has 0 atom stereocenters. The van der Waals surface area contributed by atoms with Gasteiger partial charge in [-0.1, -0.05) is 18.2 Å². The molecule has 0 fully saturated rings. The number of nitrogens with zero attached hydrogens (tertiary/aromatic N) is 3. The lowest BCUT2D eigenvalue weighted by Gasteiger charge is -2.27. The van der Waals surface area contributed by atoms with E-state index >= 15 is 0 Å². The van der Waals surface area contributed by atoms with Gasteiger partial charge in [0.05, 0.1) is 24.1 Å². The van der Waals surface area contributed by atoms with Crippen LogP contribution in [0.4, 0.5) is 0 Å². The van der Waals surface area contributed by atoms with E-state index < -0.39 is 15.4 Å². The number of fused-ring (bicyclic) bond motifs is 1. The Labute approximate surface area is 174 Å². The second kappa shape index (κ2) is 8.00. The number of aromatic amines is 1. The van der Waals surface area contributed by atoms with Crippen molar-refractivity contribution in [1.29, 1.82) is 0 Å². The molecule has 0 bridgehead atoms. The Morgan fingerprint density at radius 2 is 2.07 bits per heavy atom. The summed E-state index contributed by atoms with van der Waals surface area (Å²) < 4.78 is 28.6. The first-order valence-corrected chi connectivity index (χ1v) is 11.4. The third kappa shape index (κ3) is 4.27. The van der Waals surface area contributed by atoms with Gasteiger partial charge in [-0.3, -0.25) is 19.7 Å². The van der Waals surface area contributed by atoms with Crippen molar-refractivity contribution in [2.45, 2.75) is 24.7 Å². The van der Waals surface area contributed by atoms with Crippen LogP contribution in [0, 0.1) is 0 Å². The number of methoxy groups -OCH3 is 1. The smallest absolute Gasteiger partial charge is 0.256 e. The largest absolute Gasteiger partial charge is 0.497 e. The Kier molecular flexibility index (Phi) is 5.40. The van der Waals surface area contributed by atoms with Gasteiger partial charge in [-0.2, -0.15) is 0 Å². The van der Waals surface area contributed by atoms with Crippen LogP contribution in [0.25, 0.3) is 11.3 Å². The van der Waals surface area contributed by atoms with Gasteiger partial charge in [0.2, 0.25) is 15.0 Å². The number of pyridine rings is 1. The zero-order chi connectivity index (χ0) is 21.3. The highest BCUT2D eigenvalue weighted by atomic mass is 32.2. The van der Waals surface area contributed by atoms with Crippen molar-refractivity contribution in [2.24, 2.45) is 0 Å². The maximum Gasteiger partial charge on any atom is 0.256 e. The number of ether oxygens (including phenoxy) is 1. The molecule has 0 spiro atoms. The fourth-order valence-corrected chi connectivity index (χ4v) is 4.05. The SMILES string of the molecule is COc1cccc(-c2ccc(CN3CCc4nc(S(C)(=O)=O)[nH]c(=O)c4C3)cn2)c1. The number of hydrogen-bond acceptors (Lipinski definition) is 7.